The van der Waals surface area contributed by atoms with Crippen molar-refractivity contribution in [2.45, 2.75) is 19.9 Å². The van der Waals surface area contributed by atoms with Crippen LogP contribution in [0.3, 0.4) is 0 Å². The fraction of sp³-hybridized carbons (Fsp3) is 0.222. The highest BCUT2D eigenvalue weighted by Gasteiger charge is 2.16. The lowest BCUT2D eigenvalue weighted by atomic mass is 9.96. The zero-order valence-corrected chi connectivity index (χ0v) is 12.4. The molecule has 3 heteroatoms. The van der Waals surface area contributed by atoms with Crippen LogP contribution in [0, 0.1) is 6.92 Å². The van der Waals surface area contributed by atoms with Crippen molar-refractivity contribution in [2.75, 3.05) is 6.54 Å². The molecule has 1 unspecified atom stereocenters. The Kier molecular flexibility index (Phi) is 3.93. The second-order valence-electron chi connectivity index (χ2n) is 5.17. The molecule has 0 radical (unpaired) electrons. The third-order valence-electron chi connectivity index (χ3n) is 3.66. The van der Waals surface area contributed by atoms with Crippen molar-refractivity contribution in [1.29, 1.82) is 0 Å². The summed E-state index contributed by atoms with van der Waals surface area (Å²) in [6.45, 7) is 5.13. The van der Waals surface area contributed by atoms with Gasteiger partial charge in [0, 0.05) is 18.0 Å². The Balaban J connectivity index is 2.13. The molecule has 2 aromatic carbocycles. The molecule has 0 aliphatic rings. The van der Waals surface area contributed by atoms with Crippen LogP contribution in [0.2, 0.25) is 0 Å². The van der Waals surface area contributed by atoms with Gasteiger partial charge in [-0.05, 0) is 25.1 Å². The zero-order valence-electron chi connectivity index (χ0n) is 12.4. The van der Waals surface area contributed by atoms with Gasteiger partial charge in [-0.3, -0.25) is 9.97 Å². The van der Waals surface area contributed by atoms with E-state index in [0.717, 1.165) is 17.6 Å². The van der Waals surface area contributed by atoms with E-state index in [1.54, 1.807) is 12.4 Å². The van der Waals surface area contributed by atoms with Gasteiger partial charge in [0.05, 0.1) is 17.1 Å². The Labute approximate surface area is 125 Å². The second-order valence-corrected chi connectivity index (χ2v) is 5.17. The maximum absolute atomic E-state index is 4.52. The first kappa shape index (κ1) is 13.7. The molecule has 3 rings (SSSR count). The number of hydrogen-bond donors (Lipinski definition) is 1. The first-order valence-corrected chi connectivity index (χ1v) is 7.29. The van der Waals surface area contributed by atoms with E-state index in [1.807, 2.05) is 12.1 Å². The maximum atomic E-state index is 4.52. The van der Waals surface area contributed by atoms with Crippen LogP contribution in [-0.2, 0) is 0 Å². The number of para-hydroxylation sites is 1. The number of benzene rings is 2. The van der Waals surface area contributed by atoms with Crippen molar-refractivity contribution in [3.8, 4) is 0 Å². The van der Waals surface area contributed by atoms with Crippen molar-refractivity contribution in [1.82, 2.24) is 15.3 Å². The first-order valence-electron chi connectivity index (χ1n) is 7.29. The number of nitrogens with zero attached hydrogens (tertiary/aromatic N) is 2. The summed E-state index contributed by atoms with van der Waals surface area (Å²) in [5.41, 5.74) is 5.59. The van der Waals surface area contributed by atoms with Crippen molar-refractivity contribution in [3.63, 3.8) is 0 Å². The summed E-state index contributed by atoms with van der Waals surface area (Å²) in [5, 5.41) is 3.56. The fourth-order valence-corrected chi connectivity index (χ4v) is 2.62. The highest BCUT2D eigenvalue weighted by molar-refractivity contribution is 5.78. The minimum atomic E-state index is 0.135. The molecule has 0 saturated carbocycles. The summed E-state index contributed by atoms with van der Waals surface area (Å²) in [4.78, 5) is 8.93. The largest absolute Gasteiger partial charge is 0.306 e. The number of nitrogens with one attached hydrogen (secondary N) is 1. The van der Waals surface area contributed by atoms with Crippen molar-refractivity contribution < 1.29 is 0 Å². The summed E-state index contributed by atoms with van der Waals surface area (Å²) in [7, 11) is 0. The van der Waals surface area contributed by atoms with E-state index in [4.69, 9.17) is 0 Å². The van der Waals surface area contributed by atoms with Gasteiger partial charge in [-0.1, -0.05) is 48.9 Å². The average Bonchev–Trinajstić information content (AvgIpc) is 2.53. The van der Waals surface area contributed by atoms with Crippen LogP contribution in [0.5, 0.6) is 0 Å². The molecular formula is C18H19N3. The molecule has 0 spiro atoms. The molecule has 21 heavy (non-hydrogen) atoms. The van der Waals surface area contributed by atoms with E-state index in [2.05, 4.69) is 59.5 Å². The Morgan fingerprint density at radius 1 is 1.00 bits per heavy atom. The van der Waals surface area contributed by atoms with Gasteiger partial charge in [0.25, 0.3) is 0 Å². The number of aryl methyl sites for hydroxylation is 1. The molecule has 0 bridgehead atoms. The first-order chi connectivity index (χ1) is 10.3. The van der Waals surface area contributed by atoms with Crippen LogP contribution in [0.1, 0.15) is 29.7 Å². The molecule has 1 atom stereocenters. The Morgan fingerprint density at radius 3 is 2.52 bits per heavy atom. The average molecular weight is 277 g/mol. The van der Waals surface area contributed by atoms with E-state index in [1.165, 1.54) is 16.7 Å². The summed E-state index contributed by atoms with van der Waals surface area (Å²) >= 11 is 0. The van der Waals surface area contributed by atoms with Crippen molar-refractivity contribution in [2.24, 2.45) is 0 Å². The van der Waals surface area contributed by atoms with Crippen LogP contribution >= 0.6 is 0 Å². The topological polar surface area (TPSA) is 37.8 Å². The third-order valence-corrected chi connectivity index (χ3v) is 3.66. The maximum Gasteiger partial charge on any atom is 0.0937 e. The van der Waals surface area contributed by atoms with Gasteiger partial charge in [-0.15, -0.1) is 0 Å². The minimum Gasteiger partial charge on any atom is -0.306 e. The van der Waals surface area contributed by atoms with E-state index < -0.39 is 0 Å². The molecule has 0 fully saturated rings. The monoisotopic (exact) mass is 277 g/mol. The van der Waals surface area contributed by atoms with Gasteiger partial charge in [0.2, 0.25) is 0 Å². The SMILES string of the molecule is CCNC(c1ccc(C)cc1)c1cccc2nccnc12. The van der Waals surface area contributed by atoms with Crippen molar-refractivity contribution >= 4 is 11.0 Å². The van der Waals surface area contributed by atoms with Gasteiger partial charge in [-0.2, -0.15) is 0 Å². The van der Waals surface area contributed by atoms with Gasteiger partial charge < -0.3 is 5.32 Å². The van der Waals surface area contributed by atoms with Crippen molar-refractivity contribution in [3.05, 3.63) is 71.5 Å². The molecule has 0 amide bonds. The van der Waals surface area contributed by atoms with Gasteiger partial charge >= 0.3 is 0 Å². The fourth-order valence-electron chi connectivity index (χ4n) is 2.62. The number of aromatic nitrogens is 2. The van der Waals surface area contributed by atoms with Crippen LogP contribution in [-0.4, -0.2) is 16.5 Å². The molecule has 1 aromatic heterocycles. The normalized spacial score (nSPS) is 12.5. The molecule has 3 nitrogen and oxygen atoms in total. The lowest BCUT2D eigenvalue weighted by Crippen LogP contribution is -2.22. The zero-order chi connectivity index (χ0) is 14.7. The van der Waals surface area contributed by atoms with E-state index >= 15 is 0 Å². The molecule has 0 aliphatic carbocycles. The summed E-state index contributed by atoms with van der Waals surface area (Å²) in [6, 6.07) is 15.0. The Morgan fingerprint density at radius 2 is 1.76 bits per heavy atom. The molecule has 0 saturated heterocycles. The predicted octanol–water partition coefficient (Wildman–Crippen LogP) is 3.64. The molecule has 1 heterocycles. The van der Waals surface area contributed by atoms with Crippen LogP contribution in [0.15, 0.2) is 54.9 Å². The predicted molar refractivity (Wildman–Crippen MR) is 86.2 cm³/mol. The lowest BCUT2D eigenvalue weighted by Gasteiger charge is -2.20. The lowest BCUT2D eigenvalue weighted by molar-refractivity contribution is 0.633. The Bertz CT molecular complexity index is 730. The van der Waals surface area contributed by atoms with Gasteiger partial charge in [-0.25, -0.2) is 0 Å². The highest BCUT2D eigenvalue weighted by Crippen LogP contribution is 2.27. The van der Waals surface area contributed by atoms with E-state index in [0.29, 0.717) is 0 Å². The van der Waals surface area contributed by atoms with Gasteiger partial charge in [0.15, 0.2) is 0 Å². The molecule has 3 aromatic rings. The molecule has 0 aliphatic heterocycles. The van der Waals surface area contributed by atoms with Crippen LogP contribution in [0.25, 0.3) is 11.0 Å². The summed E-state index contributed by atoms with van der Waals surface area (Å²) in [6.07, 6.45) is 3.49. The Hall–Kier alpha value is -2.26. The summed E-state index contributed by atoms with van der Waals surface area (Å²) < 4.78 is 0. The van der Waals surface area contributed by atoms with E-state index in [9.17, 15) is 0 Å². The molecule has 1 N–H and O–H groups in total. The number of rotatable bonds is 4. The van der Waals surface area contributed by atoms with Gasteiger partial charge in [0.1, 0.15) is 0 Å². The highest BCUT2D eigenvalue weighted by atomic mass is 14.9. The number of fused-ring (bicyclic) bond motifs is 1. The number of hydrogen-bond acceptors (Lipinski definition) is 3. The van der Waals surface area contributed by atoms with Crippen LogP contribution < -0.4 is 5.32 Å². The molecular weight excluding hydrogens is 258 g/mol. The quantitative estimate of drug-likeness (QED) is 0.791. The summed E-state index contributed by atoms with van der Waals surface area (Å²) in [5.74, 6) is 0. The third kappa shape index (κ3) is 2.78. The minimum absolute atomic E-state index is 0.135. The van der Waals surface area contributed by atoms with Crippen LogP contribution in [0.4, 0.5) is 0 Å². The standard InChI is InChI=1S/C18H19N3/c1-3-19-17(14-9-7-13(2)8-10-14)15-5-4-6-16-18(15)21-12-11-20-16/h4-12,17,19H,3H2,1-2H3. The molecule has 106 valence electrons. The second kappa shape index (κ2) is 6.02. The van der Waals surface area contributed by atoms with E-state index in [-0.39, 0.29) is 6.04 Å². The smallest absolute Gasteiger partial charge is 0.0937 e.